The molecular weight excluding hydrogens is 244 g/mol. The number of carbonyl (C=O) groups is 2. The van der Waals surface area contributed by atoms with Crippen molar-refractivity contribution in [2.24, 2.45) is 11.7 Å². The van der Waals surface area contributed by atoms with Gasteiger partial charge in [0.05, 0.1) is 6.04 Å². The van der Waals surface area contributed by atoms with Gasteiger partial charge in [-0.25, -0.2) is 4.79 Å². The number of nitrogens with one attached hydrogen (secondary N) is 1. The Balaban J connectivity index is 2.81. The molecule has 0 bridgehead atoms. The molecule has 1 unspecified atom stereocenters. The predicted octanol–water partition coefficient (Wildman–Crippen LogP) is 1.30. The van der Waals surface area contributed by atoms with Gasteiger partial charge in [-0.3, -0.25) is 4.79 Å². The Kier molecular flexibility index (Phi) is 5.51. The number of carboxylic acids is 1. The van der Waals surface area contributed by atoms with E-state index < -0.39 is 24.0 Å². The molecule has 0 saturated heterocycles. The number of carboxylic acid groups (broad SMARTS) is 1. The van der Waals surface area contributed by atoms with Crippen molar-refractivity contribution < 1.29 is 14.7 Å². The fraction of sp³-hybridized carbons (Fsp3) is 0.429. The van der Waals surface area contributed by atoms with E-state index in [0.29, 0.717) is 5.56 Å². The number of aliphatic carboxylic acids is 1. The summed E-state index contributed by atoms with van der Waals surface area (Å²) in [6.07, 6.45) is 0.762. The highest BCUT2D eigenvalue weighted by Gasteiger charge is 2.26. The van der Waals surface area contributed by atoms with E-state index in [1.54, 1.807) is 30.3 Å². The number of benzene rings is 1. The van der Waals surface area contributed by atoms with Crippen LogP contribution in [-0.4, -0.2) is 23.0 Å². The molecule has 5 nitrogen and oxygen atoms in total. The number of carbonyl (C=O) groups excluding carboxylic acids is 1. The molecule has 1 amide bonds. The van der Waals surface area contributed by atoms with Gasteiger partial charge in [0, 0.05) is 0 Å². The molecule has 0 heterocycles. The average molecular weight is 264 g/mol. The van der Waals surface area contributed by atoms with Crippen molar-refractivity contribution in [3.63, 3.8) is 0 Å². The fourth-order valence-electron chi connectivity index (χ4n) is 1.68. The van der Waals surface area contributed by atoms with E-state index >= 15 is 0 Å². The first-order valence-corrected chi connectivity index (χ1v) is 6.31. The highest BCUT2D eigenvalue weighted by Crippen LogP contribution is 2.14. The van der Waals surface area contributed by atoms with Crippen molar-refractivity contribution in [3.05, 3.63) is 35.9 Å². The molecular formula is C14H20N2O3. The summed E-state index contributed by atoms with van der Waals surface area (Å²) in [6.45, 7) is 3.80. The fourth-order valence-corrected chi connectivity index (χ4v) is 1.68. The number of hydrogen-bond acceptors (Lipinski definition) is 3. The minimum absolute atomic E-state index is 0.00483. The van der Waals surface area contributed by atoms with Crippen LogP contribution < -0.4 is 11.1 Å². The normalized spacial score (nSPS) is 15.3. The van der Waals surface area contributed by atoms with E-state index in [4.69, 9.17) is 5.73 Å². The van der Waals surface area contributed by atoms with Crippen LogP contribution in [0.4, 0.5) is 0 Å². The lowest BCUT2D eigenvalue weighted by Crippen LogP contribution is -2.47. The Morgan fingerprint density at radius 2 is 1.89 bits per heavy atom. The van der Waals surface area contributed by atoms with E-state index in [9.17, 15) is 14.7 Å². The average Bonchev–Trinajstić information content (AvgIpc) is 2.43. The molecule has 5 heteroatoms. The number of nitrogens with two attached hydrogens (primary N) is 1. The largest absolute Gasteiger partial charge is 0.479 e. The third kappa shape index (κ3) is 4.06. The lowest BCUT2D eigenvalue weighted by Gasteiger charge is -2.21. The molecule has 1 aromatic carbocycles. The van der Waals surface area contributed by atoms with Crippen LogP contribution in [-0.2, 0) is 9.59 Å². The highest BCUT2D eigenvalue weighted by atomic mass is 16.4. The van der Waals surface area contributed by atoms with Crippen molar-refractivity contribution in [2.75, 3.05) is 0 Å². The van der Waals surface area contributed by atoms with Crippen LogP contribution in [0.3, 0.4) is 0 Å². The maximum absolute atomic E-state index is 11.9. The zero-order valence-corrected chi connectivity index (χ0v) is 11.2. The molecule has 0 fully saturated rings. The van der Waals surface area contributed by atoms with E-state index in [-0.39, 0.29) is 5.92 Å². The summed E-state index contributed by atoms with van der Waals surface area (Å²) in [5.74, 6) is -1.54. The molecule has 1 rings (SSSR count). The van der Waals surface area contributed by atoms with Crippen LogP contribution in [0.15, 0.2) is 30.3 Å². The maximum Gasteiger partial charge on any atom is 0.330 e. The van der Waals surface area contributed by atoms with Gasteiger partial charge in [0.2, 0.25) is 5.91 Å². The molecule has 0 spiro atoms. The Morgan fingerprint density at radius 1 is 1.32 bits per heavy atom. The molecule has 0 aliphatic rings. The van der Waals surface area contributed by atoms with Crippen LogP contribution in [0.25, 0.3) is 0 Å². The Labute approximate surface area is 112 Å². The summed E-state index contributed by atoms with van der Waals surface area (Å²) >= 11 is 0. The monoisotopic (exact) mass is 264 g/mol. The van der Waals surface area contributed by atoms with E-state index in [1.807, 2.05) is 13.8 Å². The van der Waals surface area contributed by atoms with Gasteiger partial charge in [0.1, 0.15) is 0 Å². The molecule has 3 atom stereocenters. The van der Waals surface area contributed by atoms with Gasteiger partial charge in [-0.1, -0.05) is 50.6 Å². The molecule has 0 aliphatic heterocycles. The molecule has 0 radical (unpaired) electrons. The van der Waals surface area contributed by atoms with E-state index in [1.165, 1.54) is 0 Å². The molecule has 1 aromatic rings. The first kappa shape index (κ1) is 15.2. The summed E-state index contributed by atoms with van der Waals surface area (Å²) < 4.78 is 0. The maximum atomic E-state index is 11.9. The van der Waals surface area contributed by atoms with E-state index in [2.05, 4.69) is 5.32 Å². The number of amides is 1. The molecule has 4 N–H and O–H groups in total. The Hall–Kier alpha value is -1.88. The van der Waals surface area contributed by atoms with Gasteiger partial charge in [0.15, 0.2) is 6.04 Å². The second kappa shape index (κ2) is 6.89. The highest BCUT2D eigenvalue weighted by molar-refractivity contribution is 5.87. The predicted molar refractivity (Wildman–Crippen MR) is 72.4 cm³/mol. The van der Waals surface area contributed by atoms with Crippen molar-refractivity contribution in [3.8, 4) is 0 Å². The molecule has 19 heavy (non-hydrogen) atoms. The summed E-state index contributed by atoms with van der Waals surface area (Å²) in [5.41, 5.74) is 6.32. The van der Waals surface area contributed by atoms with Crippen molar-refractivity contribution in [2.45, 2.75) is 32.4 Å². The summed E-state index contributed by atoms with van der Waals surface area (Å²) in [7, 11) is 0. The zero-order chi connectivity index (χ0) is 14.4. The zero-order valence-electron chi connectivity index (χ0n) is 11.2. The van der Waals surface area contributed by atoms with Crippen molar-refractivity contribution in [1.82, 2.24) is 5.32 Å². The smallest absolute Gasteiger partial charge is 0.330 e. The number of rotatable bonds is 6. The lowest BCUT2D eigenvalue weighted by molar-refractivity contribution is -0.142. The molecule has 0 aliphatic carbocycles. The van der Waals surface area contributed by atoms with Gasteiger partial charge in [-0.15, -0.1) is 0 Å². The summed E-state index contributed by atoms with van der Waals surface area (Å²) in [4.78, 5) is 23.2. The molecule has 0 aromatic heterocycles. The second-order valence-electron chi connectivity index (χ2n) is 4.60. The lowest BCUT2D eigenvalue weighted by atomic mass is 9.98. The van der Waals surface area contributed by atoms with Gasteiger partial charge in [-0.05, 0) is 11.5 Å². The third-order valence-electron chi connectivity index (χ3n) is 3.23. The Bertz CT molecular complexity index is 434. The van der Waals surface area contributed by atoms with Gasteiger partial charge < -0.3 is 16.2 Å². The summed E-state index contributed by atoms with van der Waals surface area (Å²) in [5, 5.41) is 11.7. The van der Waals surface area contributed by atoms with Crippen LogP contribution in [0.5, 0.6) is 0 Å². The number of hydrogen-bond donors (Lipinski definition) is 3. The van der Waals surface area contributed by atoms with Crippen molar-refractivity contribution >= 4 is 11.9 Å². The van der Waals surface area contributed by atoms with Crippen LogP contribution >= 0.6 is 0 Å². The Morgan fingerprint density at radius 3 is 2.37 bits per heavy atom. The van der Waals surface area contributed by atoms with Crippen molar-refractivity contribution in [1.29, 1.82) is 0 Å². The standard InChI is InChI=1S/C14H20N2O3/c1-3-9(2)11(15)13(17)16-12(14(18)19)10-7-5-4-6-8-10/h4-9,11-12H,3,15H2,1-2H3,(H,16,17)(H,18,19)/t9?,11-,12-/m0/s1. The van der Waals surface area contributed by atoms with Crippen LogP contribution in [0, 0.1) is 5.92 Å². The van der Waals surface area contributed by atoms with Crippen LogP contribution in [0.2, 0.25) is 0 Å². The third-order valence-corrected chi connectivity index (χ3v) is 3.23. The van der Waals surface area contributed by atoms with Gasteiger partial charge >= 0.3 is 5.97 Å². The first-order chi connectivity index (χ1) is 8.97. The van der Waals surface area contributed by atoms with Gasteiger partial charge in [-0.2, -0.15) is 0 Å². The van der Waals surface area contributed by atoms with E-state index in [0.717, 1.165) is 6.42 Å². The molecule has 104 valence electrons. The SMILES string of the molecule is CCC(C)[C@H](N)C(=O)N[C@H](C(=O)O)c1ccccc1. The quantitative estimate of drug-likeness (QED) is 0.722. The minimum atomic E-state index is -1.10. The minimum Gasteiger partial charge on any atom is -0.479 e. The summed E-state index contributed by atoms with van der Waals surface area (Å²) in [6, 6.07) is 6.80. The van der Waals surface area contributed by atoms with Crippen LogP contribution in [0.1, 0.15) is 31.9 Å². The topological polar surface area (TPSA) is 92.4 Å². The van der Waals surface area contributed by atoms with Gasteiger partial charge in [0.25, 0.3) is 0 Å². The molecule has 0 saturated carbocycles. The first-order valence-electron chi connectivity index (χ1n) is 6.31. The second-order valence-corrected chi connectivity index (χ2v) is 4.60.